The standard InChI is InChI=1S/C26H42O2/c1-3-5-6-7-8-9-10-11-12-13-14-15-16-20-23-25(26(27)28-4-2)24-21-18-17-19-22-24/h4,17-19,21-22,25H,2-3,5-16,20,23H2,1H3. The number of rotatable bonds is 18. The fraction of sp³-hybridized carbons (Fsp3) is 0.654. The van der Waals surface area contributed by atoms with Crippen LogP contribution in [0, 0.1) is 0 Å². The van der Waals surface area contributed by atoms with E-state index in [1.807, 2.05) is 30.3 Å². The van der Waals surface area contributed by atoms with Crippen LogP contribution in [-0.2, 0) is 9.53 Å². The molecular weight excluding hydrogens is 344 g/mol. The maximum atomic E-state index is 12.2. The van der Waals surface area contributed by atoms with Crippen LogP contribution in [0.15, 0.2) is 43.2 Å². The molecule has 0 amide bonds. The second-order valence-corrected chi connectivity index (χ2v) is 7.95. The van der Waals surface area contributed by atoms with E-state index in [0.29, 0.717) is 0 Å². The van der Waals surface area contributed by atoms with E-state index in [4.69, 9.17) is 4.74 Å². The number of hydrogen-bond acceptors (Lipinski definition) is 2. The predicted octanol–water partition coefficient (Wildman–Crippen LogP) is 8.33. The highest BCUT2D eigenvalue weighted by Gasteiger charge is 2.20. The molecule has 0 heterocycles. The molecule has 2 nitrogen and oxygen atoms in total. The first kappa shape index (κ1) is 24.5. The Bertz CT molecular complexity index is 494. The summed E-state index contributed by atoms with van der Waals surface area (Å²) in [4.78, 5) is 12.2. The number of carbonyl (C=O) groups excluding carboxylic acids is 1. The van der Waals surface area contributed by atoms with Crippen LogP contribution in [0.1, 0.15) is 115 Å². The molecule has 0 aliphatic heterocycles. The van der Waals surface area contributed by atoms with Crippen molar-refractivity contribution >= 4 is 5.97 Å². The van der Waals surface area contributed by atoms with Crippen molar-refractivity contribution in [2.45, 2.75) is 109 Å². The van der Waals surface area contributed by atoms with Gasteiger partial charge >= 0.3 is 5.97 Å². The lowest BCUT2D eigenvalue weighted by atomic mass is 9.93. The highest BCUT2D eigenvalue weighted by molar-refractivity contribution is 5.78. The first-order chi connectivity index (χ1) is 13.8. The third-order valence-electron chi connectivity index (χ3n) is 5.53. The third kappa shape index (κ3) is 12.0. The Balaban J connectivity index is 2.04. The zero-order valence-corrected chi connectivity index (χ0v) is 18.2. The summed E-state index contributed by atoms with van der Waals surface area (Å²) in [5.74, 6) is -0.354. The molecule has 0 N–H and O–H groups in total. The molecule has 0 aliphatic carbocycles. The van der Waals surface area contributed by atoms with E-state index in [2.05, 4.69) is 13.5 Å². The van der Waals surface area contributed by atoms with Crippen molar-refractivity contribution in [3.05, 3.63) is 48.7 Å². The average Bonchev–Trinajstić information content (AvgIpc) is 2.72. The fourth-order valence-electron chi connectivity index (χ4n) is 3.81. The van der Waals surface area contributed by atoms with E-state index in [0.717, 1.165) is 18.4 Å². The third-order valence-corrected chi connectivity index (χ3v) is 5.53. The minimum Gasteiger partial charge on any atom is -0.435 e. The molecule has 0 saturated heterocycles. The largest absolute Gasteiger partial charge is 0.435 e. The maximum absolute atomic E-state index is 12.2. The maximum Gasteiger partial charge on any atom is 0.318 e. The second kappa shape index (κ2) is 17.5. The highest BCUT2D eigenvalue weighted by atomic mass is 16.5. The second-order valence-electron chi connectivity index (χ2n) is 7.95. The van der Waals surface area contributed by atoms with Crippen LogP contribution < -0.4 is 0 Å². The average molecular weight is 387 g/mol. The molecule has 28 heavy (non-hydrogen) atoms. The molecule has 0 aliphatic rings. The molecule has 1 aromatic rings. The SMILES string of the molecule is C=COC(=O)C(CCCCCCCCCCCCCCCC)c1ccccc1. The monoisotopic (exact) mass is 386 g/mol. The van der Waals surface area contributed by atoms with Gasteiger partial charge in [-0.2, -0.15) is 0 Å². The lowest BCUT2D eigenvalue weighted by Gasteiger charge is -2.15. The molecular formula is C26H42O2. The number of benzene rings is 1. The summed E-state index contributed by atoms with van der Waals surface area (Å²) in [5, 5.41) is 0. The molecule has 1 atom stereocenters. The van der Waals surface area contributed by atoms with Crippen LogP contribution >= 0.6 is 0 Å². The Morgan fingerprint density at radius 1 is 0.821 bits per heavy atom. The number of hydrogen-bond donors (Lipinski definition) is 0. The lowest BCUT2D eigenvalue weighted by Crippen LogP contribution is -2.13. The van der Waals surface area contributed by atoms with Crippen molar-refractivity contribution in [1.29, 1.82) is 0 Å². The number of esters is 1. The minimum absolute atomic E-state index is 0.170. The smallest absolute Gasteiger partial charge is 0.318 e. The van der Waals surface area contributed by atoms with E-state index in [9.17, 15) is 4.79 Å². The predicted molar refractivity (Wildman–Crippen MR) is 120 cm³/mol. The van der Waals surface area contributed by atoms with Crippen molar-refractivity contribution in [1.82, 2.24) is 0 Å². The Labute approximate surface area is 173 Å². The number of unbranched alkanes of at least 4 members (excludes halogenated alkanes) is 13. The number of carbonyl (C=O) groups is 1. The van der Waals surface area contributed by atoms with Crippen LogP contribution in [0.2, 0.25) is 0 Å². The molecule has 0 radical (unpaired) electrons. The van der Waals surface area contributed by atoms with Gasteiger partial charge < -0.3 is 4.74 Å². The van der Waals surface area contributed by atoms with Gasteiger partial charge in [-0.15, -0.1) is 0 Å². The summed E-state index contributed by atoms with van der Waals surface area (Å²) >= 11 is 0. The van der Waals surface area contributed by atoms with Crippen molar-refractivity contribution in [2.24, 2.45) is 0 Å². The minimum atomic E-state index is -0.184. The molecule has 1 rings (SSSR count). The summed E-state index contributed by atoms with van der Waals surface area (Å²) in [6.45, 7) is 5.78. The van der Waals surface area contributed by atoms with Crippen molar-refractivity contribution in [2.75, 3.05) is 0 Å². The Kier molecular flexibility index (Phi) is 15.3. The Morgan fingerprint density at radius 3 is 1.75 bits per heavy atom. The van der Waals surface area contributed by atoms with Gasteiger partial charge in [0.15, 0.2) is 0 Å². The quantitative estimate of drug-likeness (QED) is 0.144. The van der Waals surface area contributed by atoms with Crippen molar-refractivity contribution < 1.29 is 9.53 Å². The Hall–Kier alpha value is -1.57. The van der Waals surface area contributed by atoms with E-state index < -0.39 is 0 Å². The van der Waals surface area contributed by atoms with Crippen LogP contribution in [0.3, 0.4) is 0 Å². The van der Waals surface area contributed by atoms with Crippen LogP contribution in [0.25, 0.3) is 0 Å². The van der Waals surface area contributed by atoms with E-state index in [1.165, 1.54) is 89.7 Å². The van der Waals surface area contributed by atoms with Crippen LogP contribution in [0.5, 0.6) is 0 Å². The van der Waals surface area contributed by atoms with Gasteiger partial charge in [0.2, 0.25) is 0 Å². The summed E-state index contributed by atoms with van der Waals surface area (Å²) in [7, 11) is 0. The van der Waals surface area contributed by atoms with Crippen LogP contribution in [0.4, 0.5) is 0 Å². The molecule has 0 bridgehead atoms. The highest BCUT2D eigenvalue weighted by Crippen LogP contribution is 2.24. The lowest BCUT2D eigenvalue weighted by molar-refractivity contribution is -0.140. The van der Waals surface area contributed by atoms with Gasteiger partial charge in [0, 0.05) is 0 Å². The van der Waals surface area contributed by atoms with Crippen LogP contribution in [-0.4, -0.2) is 5.97 Å². The summed E-state index contributed by atoms with van der Waals surface area (Å²) < 4.78 is 5.05. The molecule has 1 unspecified atom stereocenters. The first-order valence-electron chi connectivity index (χ1n) is 11.7. The topological polar surface area (TPSA) is 26.3 Å². The number of ether oxygens (including phenoxy) is 1. The molecule has 1 aromatic carbocycles. The molecule has 0 aromatic heterocycles. The zero-order chi connectivity index (χ0) is 20.3. The van der Waals surface area contributed by atoms with E-state index in [-0.39, 0.29) is 11.9 Å². The van der Waals surface area contributed by atoms with Gasteiger partial charge in [-0.3, -0.25) is 4.79 Å². The van der Waals surface area contributed by atoms with Gasteiger partial charge in [-0.25, -0.2) is 0 Å². The fourth-order valence-corrected chi connectivity index (χ4v) is 3.81. The summed E-state index contributed by atoms with van der Waals surface area (Å²) in [5.41, 5.74) is 1.05. The molecule has 158 valence electrons. The van der Waals surface area contributed by atoms with E-state index in [1.54, 1.807) is 0 Å². The summed E-state index contributed by atoms with van der Waals surface area (Å²) in [6, 6.07) is 9.97. The van der Waals surface area contributed by atoms with Gasteiger partial charge in [-0.05, 0) is 12.0 Å². The van der Waals surface area contributed by atoms with Crippen molar-refractivity contribution in [3.8, 4) is 0 Å². The first-order valence-corrected chi connectivity index (χ1v) is 11.7. The van der Waals surface area contributed by atoms with Gasteiger partial charge in [0.25, 0.3) is 0 Å². The van der Waals surface area contributed by atoms with Gasteiger partial charge in [0.05, 0.1) is 12.2 Å². The summed E-state index contributed by atoms with van der Waals surface area (Å²) in [6.07, 6.45) is 21.0. The molecule has 0 spiro atoms. The van der Waals surface area contributed by atoms with Crippen molar-refractivity contribution in [3.63, 3.8) is 0 Å². The zero-order valence-electron chi connectivity index (χ0n) is 18.2. The molecule has 0 fully saturated rings. The molecule has 0 saturated carbocycles. The van der Waals surface area contributed by atoms with E-state index >= 15 is 0 Å². The van der Waals surface area contributed by atoms with Gasteiger partial charge in [-0.1, -0.05) is 134 Å². The molecule has 2 heteroatoms. The Morgan fingerprint density at radius 2 is 1.29 bits per heavy atom. The van der Waals surface area contributed by atoms with Gasteiger partial charge in [0.1, 0.15) is 0 Å². The normalized spacial score (nSPS) is 11.9.